The first-order valence-corrected chi connectivity index (χ1v) is 7.28. The fourth-order valence-electron chi connectivity index (χ4n) is 2.19. The average molecular weight is 263 g/mol. The third kappa shape index (κ3) is 2.25. The van der Waals surface area contributed by atoms with E-state index in [1.807, 2.05) is 35.6 Å². The van der Waals surface area contributed by atoms with E-state index in [0.29, 0.717) is 5.25 Å². The summed E-state index contributed by atoms with van der Waals surface area (Å²) in [6.07, 6.45) is 8.31. The Morgan fingerprint density at radius 1 is 1.56 bits per heavy atom. The maximum Gasteiger partial charge on any atom is 0.180 e. The molecule has 0 aliphatic carbocycles. The number of nitrogens with zero attached hydrogens (tertiary/aromatic N) is 3. The summed E-state index contributed by atoms with van der Waals surface area (Å²) in [5.74, 6) is 3.00. The molecule has 2 aromatic heterocycles. The van der Waals surface area contributed by atoms with E-state index in [2.05, 4.69) is 20.6 Å². The molecule has 18 heavy (non-hydrogen) atoms. The molecule has 1 atom stereocenters. The highest BCUT2D eigenvalue weighted by molar-refractivity contribution is 8.00. The number of hydrogen-bond donors (Lipinski definition) is 2. The molecule has 5 nitrogen and oxygen atoms in total. The number of aromatic nitrogens is 3. The molecule has 6 heteroatoms. The Morgan fingerprint density at radius 3 is 3.28 bits per heavy atom. The van der Waals surface area contributed by atoms with Crippen molar-refractivity contribution >= 4 is 29.0 Å². The maximum absolute atomic E-state index is 4.54. The van der Waals surface area contributed by atoms with Crippen LogP contribution in [0.2, 0.25) is 0 Å². The average Bonchev–Trinajstić information content (AvgIpc) is 3.06. The van der Waals surface area contributed by atoms with E-state index < -0.39 is 0 Å². The van der Waals surface area contributed by atoms with E-state index in [1.54, 1.807) is 6.20 Å². The number of rotatable bonds is 4. The minimum atomic E-state index is 0.708. The van der Waals surface area contributed by atoms with Crippen molar-refractivity contribution in [3.8, 4) is 0 Å². The van der Waals surface area contributed by atoms with Gasteiger partial charge in [-0.3, -0.25) is 0 Å². The number of fused-ring (bicyclic) bond motifs is 1. The molecule has 1 unspecified atom stereocenters. The minimum Gasteiger partial charge on any atom is -0.372 e. The van der Waals surface area contributed by atoms with Crippen LogP contribution in [-0.4, -0.2) is 39.0 Å². The lowest BCUT2D eigenvalue weighted by atomic mass is 10.2. The lowest BCUT2D eigenvalue weighted by Crippen LogP contribution is -2.15. The third-order valence-electron chi connectivity index (χ3n) is 3.15. The Labute approximate surface area is 110 Å². The monoisotopic (exact) mass is 263 g/mol. The number of anilines is 2. The molecule has 3 rings (SSSR count). The van der Waals surface area contributed by atoms with Crippen LogP contribution < -0.4 is 10.6 Å². The third-order valence-corrected chi connectivity index (χ3v) is 4.55. The summed E-state index contributed by atoms with van der Waals surface area (Å²) in [5.41, 5.74) is 0.886. The first kappa shape index (κ1) is 11.6. The molecule has 2 aromatic rings. The molecule has 0 aromatic carbocycles. The number of thioether (sulfide) groups is 1. The molecule has 1 aliphatic rings. The number of hydrogen-bond acceptors (Lipinski definition) is 5. The predicted molar refractivity (Wildman–Crippen MR) is 76.5 cm³/mol. The van der Waals surface area contributed by atoms with Crippen molar-refractivity contribution in [3.63, 3.8) is 0 Å². The van der Waals surface area contributed by atoms with Gasteiger partial charge < -0.3 is 15.0 Å². The fraction of sp³-hybridized carbons (Fsp3) is 0.500. The van der Waals surface area contributed by atoms with E-state index >= 15 is 0 Å². The van der Waals surface area contributed by atoms with Gasteiger partial charge in [0.25, 0.3) is 0 Å². The van der Waals surface area contributed by atoms with Crippen LogP contribution in [0.3, 0.4) is 0 Å². The molecule has 2 N–H and O–H groups in total. The fourth-order valence-corrected chi connectivity index (χ4v) is 3.39. The summed E-state index contributed by atoms with van der Waals surface area (Å²) in [6, 6.07) is 0. The molecule has 1 aliphatic heterocycles. The second-order valence-corrected chi connectivity index (χ2v) is 5.81. The Kier molecular flexibility index (Phi) is 3.27. The van der Waals surface area contributed by atoms with Gasteiger partial charge in [-0.05, 0) is 18.6 Å². The molecule has 0 radical (unpaired) electrons. The summed E-state index contributed by atoms with van der Waals surface area (Å²) in [5, 5.41) is 7.22. The van der Waals surface area contributed by atoms with Crippen molar-refractivity contribution in [2.45, 2.75) is 18.1 Å². The van der Waals surface area contributed by atoms with E-state index in [4.69, 9.17) is 0 Å². The maximum atomic E-state index is 4.54. The minimum absolute atomic E-state index is 0.708. The largest absolute Gasteiger partial charge is 0.372 e. The van der Waals surface area contributed by atoms with Gasteiger partial charge in [0.05, 0.1) is 6.20 Å². The normalized spacial score (nSPS) is 19.3. The van der Waals surface area contributed by atoms with Crippen LogP contribution in [0.5, 0.6) is 0 Å². The summed E-state index contributed by atoms with van der Waals surface area (Å²) in [4.78, 5) is 8.88. The zero-order valence-corrected chi connectivity index (χ0v) is 11.2. The molecule has 1 fully saturated rings. The first-order chi connectivity index (χ1) is 8.86. The zero-order chi connectivity index (χ0) is 12.4. The van der Waals surface area contributed by atoms with Gasteiger partial charge in [0.15, 0.2) is 11.5 Å². The van der Waals surface area contributed by atoms with Gasteiger partial charge in [0.2, 0.25) is 0 Å². The van der Waals surface area contributed by atoms with Crippen LogP contribution in [0, 0.1) is 0 Å². The molecule has 96 valence electrons. The highest BCUT2D eigenvalue weighted by atomic mass is 32.2. The topological polar surface area (TPSA) is 54.2 Å². The van der Waals surface area contributed by atoms with Crippen LogP contribution in [0.1, 0.15) is 12.8 Å². The number of nitrogens with one attached hydrogen (secondary N) is 2. The molecule has 0 spiro atoms. The van der Waals surface area contributed by atoms with Crippen molar-refractivity contribution in [2.75, 3.05) is 30.0 Å². The van der Waals surface area contributed by atoms with Crippen LogP contribution >= 0.6 is 11.8 Å². The second kappa shape index (κ2) is 5.06. The van der Waals surface area contributed by atoms with E-state index in [9.17, 15) is 0 Å². The quantitative estimate of drug-likeness (QED) is 0.884. The van der Waals surface area contributed by atoms with Gasteiger partial charge in [0.1, 0.15) is 5.82 Å². The van der Waals surface area contributed by atoms with Crippen LogP contribution in [0.25, 0.3) is 5.65 Å². The lowest BCUT2D eigenvalue weighted by Gasteiger charge is -2.12. The Balaban J connectivity index is 1.82. The molecule has 0 saturated carbocycles. The molecule has 0 amide bonds. The highest BCUT2D eigenvalue weighted by Gasteiger charge is 2.16. The molecule has 3 heterocycles. The zero-order valence-electron chi connectivity index (χ0n) is 10.4. The summed E-state index contributed by atoms with van der Waals surface area (Å²) < 4.78 is 1.99. The summed E-state index contributed by atoms with van der Waals surface area (Å²) >= 11 is 2.05. The van der Waals surface area contributed by atoms with Gasteiger partial charge in [0, 0.05) is 31.2 Å². The van der Waals surface area contributed by atoms with Crippen molar-refractivity contribution < 1.29 is 0 Å². The molecular formula is C12H17N5S. The van der Waals surface area contributed by atoms with E-state index in [0.717, 1.165) is 23.8 Å². The Hall–Kier alpha value is -1.43. The van der Waals surface area contributed by atoms with Crippen molar-refractivity contribution in [2.24, 2.45) is 0 Å². The second-order valence-electron chi connectivity index (χ2n) is 4.40. The van der Waals surface area contributed by atoms with Gasteiger partial charge in [-0.25, -0.2) is 9.97 Å². The molecule has 1 saturated heterocycles. The van der Waals surface area contributed by atoms with Crippen LogP contribution in [-0.2, 0) is 0 Å². The highest BCUT2D eigenvalue weighted by Crippen LogP contribution is 2.26. The van der Waals surface area contributed by atoms with Crippen molar-refractivity contribution in [1.82, 2.24) is 14.4 Å². The van der Waals surface area contributed by atoms with Crippen LogP contribution in [0.4, 0.5) is 11.6 Å². The number of imidazole rings is 1. The van der Waals surface area contributed by atoms with E-state index in [1.165, 1.54) is 18.6 Å². The Bertz CT molecular complexity index is 532. The summed E-state index contributed by atoms with van der Waals surface area (Å²) in [7, 11) is 1.88. The van der Waals surface area contributed by atoms with Crippen LogP contribution in [0.15, 0.2) is 18.6 Å². The lowest BCUT2D eigenvalue weighted by molar-refractivity contribution is 0.803. The van der Waals surface area contributed by atoms with Gasteiger partial charge in [-0.2, -0.15) is 11.8 Å². The molecular weight excluding hydrogens is 246 g/mol. The van der Waals surface area contributed by atoms with E-state index in [-0.39, 0.29) is 0 Å². The smallest absolute Gasteiger partial charge is 0.180 e. The summed E-state index contributed by atoms with van der Waals surface area (Å²) in [6.45, 7) is 0.966. The SMILES string of the molecule is CNc1cn2ccnc2c(NCC2CCCS2)n1. The van der Waals surface area contributed by atoms with Gasteiger partial charge in [-0.1, -0.05) is 0 Å². The van der Waals surface area contributed by atoms with Gasteiger partial charge >= 0.3 is 0 Å². The molecule has 0 bridgehead atoms. The van der Waals surface area contributed by atoms with Crippen molar-refractivity contribution in [3.05, 3.63) is 18.6 Å². The van der Waals surface area contributed by atoms with Gasteiger partial charge in [-0.15, -0.1) is 0 Å². The van der Waals surface area contributed by atoms with Crippen molar-refractivity contribution in [1.29, 1.82) is 0 Å². The Morgan fingerprint density at radius 2 is 2.50 bits per heavy atom. The standard InChI is InChI=1S/C12H17N5S/c1-13-10-8-17-5-4-14-12(17)11(16-10)15-7-9-3-2-6-18-9/h4-5,8-9,13H,2-3,6-7H2,1H3,(H,15,16). The predicted octanol–water partition coefficient (Wildman–Crippen LogP) is 2.08. The first-order valence-electron chi connectivity index (χ1n) is 6.24.